The van der Waals surface area contributed by atoms with Crippen molar-refractivity contribution in [1.82, 2.24) is 9.88 Å². The van der Waals surface area contributed by atoms with Crippen LogP contribution in [0.2, 0.25) is 5.02 Å². The van der Waals surface area contributed by atoms with Gasteiger partial charge in [0.1, 0.15) is 0 Å². The topological polar surface area (TPSA) is 59.2 Å². The first kappa shape index (κ1) is 18.4. The Morgan fingerprint density at radius 3 is 2.58 bits per heavy atom. The molecule has 1 aliphatic rings. The Hall–Kier alpha value is -0.550. The number of nitrogens with zero attached hydrogens (tertiary/aromatic N) is 2. The second-order valence-corrected chi connectivity index (χ2v) is 4.73. The maximum Gasteiger partial charge on any atom is 0.255 e. The van der Waals surface area contributed by atoms with Crippen molar-refractivity contribution in [2.24, 2.45) is 11.7 Å². The van der Waals surface area contributed by atoms with E-state index in [9.17, 15) is 4.79 Å². The SMILES string of the molecule is Cl.Cl.NCC1CCN(C(=O)c2ccncc2Cl)CC1. The third-order valence-electron chi connectivity index (χ3n) is 3.24. The molecule has 2 N–H and O–H groups in total. The number of halogens is 3. The summed E-state index contributed by atoms with van der Waals surface area (Å²) >= 11 is 5.96. The molecule has 1 fully saturated rings. The van der Waals surface area contributed by atoms with E-state index < -0.39 is 0 Å². The van der Waals surface area contributed by atoms with Gasteiger partial charge in [-0.3, -0.25) is 9.78 Å². The van der Waals surface area contributed by atoms with Gasteiger partial charge in [0, 0.05) is 25.5 Å². The Morgan fingerprint density at radius 2 is 2.05 bits per heavy atom. The third kappa shape index (κ3) is 4.49. The highest BCUT2D eigenvalue weighted by atomic mass is 35.5. The van der Waals surface area contributed by atoms with Crippen LogP contribution in [0.4, 0.5) is 0 Å². The van der Waals surface area contributed by atoms with Gasteiger partial charge >= 0.3 is 0 Å². The highest BCUT2D eigenvalue weighted by Crippen LogP contribution is 2.21. The van der Waals surface area contributed by atoms with Crippen LogP contribution in [-0.2, 0) is 0 Å². The van der Waals surface area contributed by atoms with Crippen LogP contribution >= 0.6 is 36.4 Å². The molecule has 0 spiro atoms. The third-order valence-corrected chi connectivity index (χ3v) is 3.54. The van der Waals surface area contributed by atoms with E-state index in [1.807, 2.05) is 4.90 Å². The number of rotatable bonds is 2. The molecule has 7 heteroatoms. The van der Waals surface area contributed by atoms with E-state index in [4.69, 9.17) is 17.3 Å². The molecule has 1 aliphatic heterocycles. The van der Waals surface area contributed by atoms with Crippen LogP contribution in [0.1, 0.15) is 23.2 Å². The molecule has 0 saturated carbocycles. The quantitative estimate of drug-likeness (QED) is 0.908. The summed E-state index contributed by atoms with van der Waals surface area (Å²) < 4.78 is 0. The Kier molecular flexibility index (Phi) is 8.34. The van der Waals surface area contributed by atoms with Gasteiger partial charge in [0.25, 0.3) is 5.91 Å². The second kappa shape index (κ2) is 8.59. The van der Waals surface area contributed by atoms with Gasteiger partial charge in [-0.15, -0.1) is 24.8 Å². The average molecular weight is 327 g/mol. The zero-order valence-electron chi connectivity index (χ0n) is 10.4. The summed E-state index contributed by atoms with van der Waals surface area (Å²) in [6.45, 7) is 2.23. The summed E-state index contributed by atoms with van der Waals surface area (Å²) in [4.78, 5) is 17.9. The fourth-order valence-electron chi connectivity index (χ4n) is 2.09. The van der Waals surface area contributed by atoms with Gasteiger partial charge in [-0.05, 0) is 31.4 Å². The number of piperidine rings is 1. The number of hydrogen-bond acceptors (Lipinski definition) is 3. The van der Waals surface area contributed by atoms with Gasteiger partial charge < -0.3 is 10.6 Å². The lowest BCUT2D eigenvalue weighted by Crippen LogP contribution is -2.40. The molecular formula is C12H18Cl3N3O. The summed E-state index contributed by atoms with van der Waals surface area (Å²) in [7, 11) is 0. The molecule has 0 atom stereocenters. The van der Waals surface area contributed by atoms with Gasteiger partial charge in [-0.2, -0.15) is 0 Å². The Labute approximate surface area is 130 Å². The number of pyridine rings is 1. The van der Waals surface area contributed by atoms with Crippen molar-refractivity contribution < 1.29 is 4.79 Å². The first-order valence-corrected chi connectivity index (χ1v) is 6.19. The van der Waals surface area contributed by atoms with E-state index in [0.717, 1.165) is 25.9 Å². The van der Waals surface area contributed by atoms with Gasteiger partial charge in [-0.1, -0.05) is 11.6 Å². The van der Waals surface area contributed by atoms with Gasteiger partial charge in [-0.25, -0.2) is 0 Å². The van der Waals surface area contributed by atoms with Gasteiger partial charge in [0.15, 0.2) is 0 Å². The zero-order chi connectivity index (χ0) is 12.3. The second-order valence-electron chi connectivity index (χ2n) is 4.33. The maximum absolute atomic E-state index is 12.2. The zero-order valence-corrected chi connectivity index (χ0v) is 12.8. The summed E-state index contributed by atoms with van der Waals surface area (Å²) in [5.74, 6) is 0.542. The van der Waals surface area contributed by atoms with Crippen molar-refractivity contribution in [3.05, 3.63) is 29.0 Å². The lowest BCUT2D eigenvalue weighted by Gasteiger charge is -2.31. The molecule has 19 heavy (non-hydrogen) atoms. The van der Waals surface area contributed by atoms with Crippen LogP contribution in [0.5, 0.6) is 0 Å². The van der Waals surface area contributed by atoms with E-state index in [0.29, 0.717) is 23.0 Å². The monoisotopic (exact) mass is 325 g/mol. The summed E-state index contributed by atoms with van der Waals surface area (Å²) in [6.07, 6.45) is 5.04. The number of carbonyl (C=O) groups is 1. The highest BCUT2D eigenvalue weighted by Gasteiger charge is 2.23. The number of likely N-dealkylation sites (tertiary alicyclic amines) is 1. The molecule has 0 aliphatic carbocycles. The molecule has 108 valence electrons. The lowest BCUT2D eigenvalue weighted by molar-refractivity contribution is 0.0693. The minimum absolute atomic E-state index is 0. The number of nitrogens with two attached hydrogens (primary N) is 1. The van der Waals surface area contributed by atoms with Crippen molar-refractivity contribution in [1.29, 1.82) is 0 Å². The summed E-state index contributed by atoms with van der Waals surface area (Å²) in [5, 5.41) is 0.415. The minimum atomic E-state index is -0.00660. The van der Waals surface area contributed by atoms with Crippen LogP contribution in [0.25, 0.3) is 0 Å². The van der Waals surface area contributed by atoms with Crippen molar-refractivity contribution in [3.63, 3.8) is 0 Å². The normalized spacial score (nSPS) is 15.4. The number of aromatic nitrogens is 1. The first-order chi connectivity index (χ1) is 8.22. The van der Waals surface area contributed by atoms with Crippen molar-refractivity contribution in [3.8, 4) is 0 Å². The molecule has 1 aromatic heterocycles. The molecule has 0 aromatic carbocycles. The Morgan fingerprint density at radius 1 is 1.42 bits per heavy atom. The fourth-order valence-corrected chi connectivity index (χ4v) is 2.29. The first-order valence-electron chi connectivity index (χ1n) is 5.81. The number of amides is 1. The summed E-state index contributed by atoms with van der Waals surface area (Å²) in [5.41, 5.74) is 6.16. The molecule has 0 bridgehead atoms. The van der Waals surface area contributed by atoms with E-state index in [2.05, 4.69) is 4.98 Å². The van der Waals surface area contributed by atoms with Crippen LogP contribution in [0.3, 0.4) is 0 Å². The van der Waals surface area contributed by atoms with Crippen LogP contribution in [0, 0.1) is 5.92 Å². The van der Waals surface area contributed by atoms with Crippen molar-refractivity contribution >= 4 is 42.3 Å². The maximum atomic E-state index is 12.2. The molecule has 0 unspecified atom stereocenters. The number of hydrogen-bond donors (Lipinski definition) is 1. The Bertz CT molecular complexity index is 409. The lowest BCUT2D eigenvalue weighted by atomic mass is 9.97. The van der Waals surface area contributed by atoms with Gasteiger partial charge in [0.2, 0.25) is 0 Å². The molecule has 4 nitrogen and oxygen atoms in total. The smallest absolute Gasteiger partial charge is 0.255 e. The number of carbonyl (C=O) groups excluding carboxylic acids is 1. The standard InChI is InChI=1S/C12H16ClN3O.2ClH/c13-11-8-15-4-1-10(11)12(17)16-5-2-9(7-14)3-6-16;;/h1,4,8-9H,2-3,5-7,14H2;2*1H. The molecular weight excluding hydrogens is 309 g/mol. The molecule has 2 heterocycles. The van der Waals surface area contributed by atoms with Crippen molar-refractivity contribution in [2.45, 2.75) is 12.8 Å². The predicted molar refractivity (Wildman–Crippen MR) is 81.4 cm³/mol. The van der Waals surface area contributed by atoms with Crippen LogP contribution in [-0.4, -0.2) is 35.4 Å². The van der Waals surface area contributed by atoms with Crippen LogP contribution < -0.4 is 5.73 Å². The largest absolute Gasteiger partial charge is 0.339 e. The Balaban J connectivity index is 0.00000162. The van der Waals surface area contributed by atoms with E-state index in [-0.39, 0.29) is 30.7 Å². The molecule has 2 rings (SSSR count). The minimum Gasteiger partial charge on any atom is -0.339 e. The van der Waals surface area contributed by atoms with E-state index in [1.165, 1.54) is 6.20 Å². The molecule has 1 amide bonds. The van der Waals surface area contributed by atoms with Gasteiger partial charge in [0.05, 0.1) is 10.6 Å². The van der Waals surface area contributed by atoms with E-state index in [1.54, 1.807) is 12.3 Å². The summed E-state index contributed by atoms with van der Waals surface area (Å²) in [6, 6.07) is 1.67. The average Bonchev–Trinajstić information content (AvgIpc) is 2.39. The van der Waals surface area contributed by atoms with Crippen molar-refractivity contribution in [2.75, 3.05) is 19.6 Å². The molecule has 1 aromatic rings. The molecule has 0 radical (unpaired) electrons. The fraction of sp³-hybridized carbons (Fsp3) is 0.500. The predicted octanol–water partition coefficient (Wildman–Crippen LogP) is 2.39. The van der Waals surface area contributed by atoms with E-state index >= 15 is 0 Å². The van der Waals surface area contributed by atoms with Crippen LogP contribution in [0.15, 0.2) is 18.5 Å². The molecule has 1 saturated heterocycles. The highest BCUT2D eigenvalue weighted by molar-refractivity contribution is 6.33.